The molecule has 4 fully saturated rings. The molecule has 7 heteroatoms. The molecule has 4 aliphatic rings. The topological polar surface area (TPSA) is 81.3 Å². The lowest BCUT2D eigenvalue weighted by Crippen LogP contribution is -2.55. The van der Waals surface area contributed by atoms with Crippen molar-refractivity contribution in [2.75, 3.05) is 26.7 Å². The van der Waals surface area contributed by atoms with Crippen LogP contribution < -0.4 is 5.32 Å². The van der Waals surface area contributed by atoms with Gasteiger partial charge in [-0.25, -0.2) is 4.98 Å². The molecule has 7 nitrogen and oxygen atoms in total. The van der Waals surface area contributed by atoms with Crippen LogP contribution in [-0.4, -0.2) is 69.8 Å². The molecule has 2 amide bonds. The number of benzene rings is 1. The maximum atomic E-state index is 12.8. The van der Waals surface area contributed by atoms with Crippen molar-refractivity contribution in [2.45, 2.75) is 30.8 Å². The van der Waals surface area contributed by atoms with Gasteiger partial charge in [0.1, 0.15) is 5.52 Å². The van der Waals surface area contributed by atoms with Crippen LogP contribution in [0.3, 0.4) is 0 Å². The number of nitrogens with zero attached hydrogens (tertiary/aromatic N) is 3. The fourth-order valence-corrected chi connectivity index (χ4v) is 4.87. The highest BCUT2D eigenvalue weighted by molar-refractivity contribution is 6.05. The average Bonchev–Trinajstić information content (AvgIpc) is 3.35. The zero-order valence-corrected chi connectivity index (χ0v) is 14.9. The summed E-state index contributed by atoms with van der Waals surface area (Å²) in [5, 5.41) is 3.21. The highest BCUT2D eigenvalue weighted by Gasteiger charge is 2.58. The Labute approximate surface area is 151 Å². The molecule has 1 aliphatic carbocycles. The van der Waals surface area contributed by atoms with E-state index in [1.54, 1.807) is 12.4 Å². The summed E-state index contributed by atoms with van der Waals surface area (Å²) in [4.78, 5) is 37.2. The van der Waals surface area contributed by atoms with Gasteiger partial charge in [-0.15, -0.1) is 0 Å². The largest absolute Gasteiger partial charge is 0.345 e. The number of aromatic nitrogens is 2. The molecule has 26 heavy (non-hydrogen) atoms. The minimum atomic E-state index is -0.264. The van der Waals surface area contributed by atoms with Crippen LogP contribution in [0.4, 0.5) is 0 Å². The summed E-state index contributed by atoms with van der Waals surface area (Å²) in [6, 6.07) is 5.86. The molecule has 0 spiro atoms. The van der Waals surface area contributed by atoms with Crippen LogP contribution in [0.15, 0.2) is 24.5 Å². The van der Waals surface area contributed by atoms with Gasteiger partial charge in [0.05, 0.1) is 28.9 Å². The van der Waals surface area contributed by atoms with Crippen LogP contribution in [0.2, 0.25) is 0 Å². The van der Waals surface area contributed by atoms with Crippen molar-refractivity contribution in [1.29, 1.82) is 0 Å². The van der Waals surface area contributed by atoms with Gasteiger partial charge in [-0.2, -0.15) is 0 Å². The Morgan fingerprint density at radius 3 is 2.96 bits per heavy atom. The zero-order valence-electron chi connectivity index (χ0n) is 14.9. The first kappa shape index (κ1) is 15.8. The molecule has 136 valence electrons. The Morgan fingerprint density at radius 2 is 2.19 bits per heavy atom. The number of imidazole rings is 1. The molecule has 1 aromatic heterocycles. The van der Waals surface area contributed by atoms with Crippen LogP contribution in [0.5, 0.6) is 0 Å². The quantitative estimate of drug-likeness (QED) is 0.862. The molecule has 3 aliphatic heterocycles. The molecular weight excluding hydrogens is 330 g/mol. The second-order valence-corrected chi connectivity index (χ2v) is 8.11. The number of H-pyrrole nitrogens is 1. The third kappa shape index (κ3) is 2.34. The molecule has 1 saturated carbocycles. The number of amides is 2. The van der Waals surface area contributed by atoms with Crippen LogP contribution in [0.1, 0.15) is 29.6 Å². The average molecular weight is 353 g/mol. The number of carbonyl (C=O) groups is 2. The number of carbonyl (C=O) groups excluding carboxylic acids is 2. The first-order chi connectivity index (χ1) is 12.5. The number of aromatic amines is 1. The van der Waals surface area contributed by atoms with Gasteiger partial charge >= 0.3 is 0 Å². The third-order valence-electron chi connectivity index (χ3n) is 6.26. The van der Waals surface area contributed by atoms with E-state index in [1.165, 1.54) is 0 Å². The molecule has 2 N–H and O–H groups in total. The number of para-hydroxylation sites is 1. The SMILES string of the molecule is CN1CC[C@H](C(=O)N2CC3(NC(=O)c4cccc5[nH]cnc45)CC2C3)C1. The summed E-state index contributed by atoms with van der Waals surface area (Å²) in [6.45, 7) is 2.48. The van der Waals surface area contributed by atoms with Gasteiger partial charge < -0.3 is 20.1 Å². The van der Waals surface area contributed by atoms with E-state index in [0.717, 1.165) is 37.9 Å². The molecule has 4 heterocycles. The second-order valence-electron chi connectivity index (χ2n) is 8.11. The monoisotopic (exact) mass is 353 g/mol. The van der Waals surface area contributed by atoms with Crippen molar-refractivity contribution in [3.05, 3.63) is 30.1 Å². The van der Waals surface area contributed by atoms with Crippen molar-refractivity contribution in [3.63, 3.8) is 0 Å². The minimum Gasteiger partial charge on any atom is -0.345 e. The Hall–Kier alpha value is -2.41. The molecule has 1 atom stereocenters. The summed E-state index contributed by atoms with van der Waals surface area (Å²) in [6.07, 6.45) is 4.28. The number of rotatable bonds is 3. The lowest BCUT2D eigenvalue weighted by atomic mass is 9.77. The molecular formula is C19H23N5O2. The van der Waals surface area contributed by atoms with E-state index >= 15 is 0 Å². The van der Waals surface area contributed by atoms with Crippen LogP contribution in [0, 0.1) is 5.92 Å². The Bertz CT molecular complexity index is 885. The minimum absolute atomic E-state index is 0.101. The zero-order chi connectivity index (χ0) is 17.9. The predicted molar refractivity (Wildman–Crippen MR) is 96.6 cm³/mol. The first-order valence-corrected chi connectivity index (χ1v) is 9.28. The van der Waals surface area contributed by atoms with Crippen LogP contribution in [-0.2, 0) is 4.79 Å². The Kier molecular flexibility index (Phi) is 3.37. The van der Waals surface area contributed by atoms with Gasteiger partial charge in [0.2, 0.25) is 5.91 Å². The van der Waals surface area contributed by atoms with E-state index in [0.29, 0.717) is 17.6 Å². The molecule has 0 unspecified atom stereocenters. The van der Waals surface area contributed by atoms with E-state index in [4.69, 9.17) is 0 Å². The fraction of sp³-hybridized carbons (Fsp3) is 0.526. The number of hydrogen-bond acceptors (Lipinski definition) is 4. The van der Waals surface area contributed by atoms with Gasteiger partial charge in [0.15, 0.2) is 0 Å². The van der Waals surface area contributed by atoms with E-state index in [-0.39, 0.29) is 29.3 Å². The predicted octanol–water partition coefficient (Wildman–Crippen LogP) is 0.988. The Balaban J connectivity index is 1.30. The highest BCUT2D eigenvalue weighted by atomic mass is 16.2. The Morgan fingerprint density at radius 1 is 1.35 bits per heavy atom. The van der Waals surface area contributed by atoms with Crippen LogP contribution >= 0.6 is 0 Å². The number of nitrogens with one attached hydrogen (secondary N) is 2. The maximum Gasteiger partial charge on any atom is 0.254 e. The number of hydrogen-bond donors (Lipinski definition) is 2. The van der Waals surface area contributed by atoms with Gasteiger partial charge in [0.25, 0.3) is 5.91 Å². The lowest BCUT2D eigenvalue weighted by Gasteiger charge is -2.37. The number of likely N-dealkylation sites (tertiary alicyclic amines) is 1. The third-order valence-corrected chi connectivity index (χ3v) is 6.26. The standard InChI is InChI=1S/C19H23N5O2/c1-23-6-5-12(9-23)18(26)24-10-19(7-13(24)8-19)22-17(25)14-3-2-4-15-16(14)21-11-20-15/h2-4,11-13H,5-10H2,1H3,(H,20,21)(H,22,25)/t12-,13?,19?/m0/s1. The molecule has 6 rings (SSSR count). The van der Waals surface area contributed by atoms with Crippen LogP contribution in [0.25, 0.3) is 11.0 Å². The molecule has 1 aromatic carbocycles. The van der Waals surface area contributed by atoms with Crippen molar-refractivity contribution < 1.29 is 9.59 Å². The van der Waals surface area contributed by atoms with Gasteiger partial charge in [-0.05, 0) is 45.0 Å². The van der Waals surface area contributed by atoms with Crippen molar-refractivity contribution in [3.8, 4) is 0 Å². The van der Waals surface area contributed by atoms with Gasteiger partial charge in [-0.1, -0.05) is 6.07 Å². The van der Waals surface area contributed by atoms with Crippen molar-refractivity contribution in [2.24, 2.45) is 5.92 Å². The summed E-state index contributed by atoms with van der Waals surface area (Å²) >= 11 is 0. The molecule has 3 saturated heterocycles. The summed E-state index contributed by atoms with van der Waals surface area (Å²) in [5.41, 5.74) is 1.87. The molecule has 2 bridgehead atoms. The van der Waals surface area contributed by atoms with Gasteiger partial charge in [-0.3, -0.25) is 9.59 Å². The van der Waals surface area contributed by atoms with E-state index < -0.39 is 0 Å². The summed E-state index contributed by atoms with van der Waals surface area (Å²) in [7, 11) is 2.06. The molecule has 0 radical (unpaired) electrons. The normalized spacial score (nSPS) is 30.6. The smallest absolute Gasteiger partial charge is 0.254 e. The lowest BCUT2D eigenvalue weighted by molar-refractivity contribution is -0.135. The maximum absolute atomic E-state index is 12.8. The van der Waals surface area contributed by atoms with Gasteiger partial charge in [0, 0.05) is 19.1 Å². The first-order valence-electron chi connectivity index (χ1n) is 9.28. The molecule has 2 aromatic rings. The number of fused-ring (bicyclic) bond motifs is 2. The summed E-state index contributed by atoms with van der Waals surface area (Å²) < 4.78 is 0. The van der Waals surface area contributed by atoms with E-state index in [9.17, 15) is 9.59 Å². The van der Waals surface area contributed by atoms with Crippen molar-refractivity contribution >= 4 is 22.8 Å². The second kappa shape index (κ2) is 5.54. The fourth-order valence-electron chi connectivity index (χ4n) is 4.87. The van der Waals surface area contributed by atoms with Crippen molar-refractivity contribution in [1.82, 2.24) is 25.1 Å². The highest BCUT2D eigenvalue weighted by Crippen LogP contribution is 2.45. The van der Waals surface area contributed by atoms with E-state index in [1.807, 2.05) is 17.0 Å². The summed E-state index contributed by atoms with van der Waals surface area (Å²) in [5.74, 6) is 0.281. The van der Waals surface area contributed by atoms with E-state index in [2.05, 4.69) is 27.2 Å².